The van der Waals surface area contributed by atoms with Crippen LogP contribution in [-0.2, 0) is 5.41 Å². The van der Waals surface area contributed by atoms with Gasteiger partial charge in [-0.2, -0.15) is 0 Å². The van der Waals surface area contributed by atoms with Gasteiger partial charge < -0.3 is 5.11 Å². The largest absolute Gasteiger partial charge is 0.508 e. The standard InChI is InChI=1S/C11H13ClO2/c1-11(2,3)8-6-7(10(12)14)4-5-9(8)13/h4-6,13H,1-3H3. The fraction of sp³-hybridized carbons (Fsp3) is 0.364. The lowest BCUT2D eigenvalue weighted by Gasteiger charge is -2.20. The number of carbonyl (C=O) groups excluding carboxylic acids is 1. The zero-order valence-corrected chi connectivity index (χ0v) is 9.22. The van der Waals surface area contributed by atoms with Crippen LogP contribution in [0.15, 0.2) is 18.2 Å². The molecule has 0 amide bonds. The number of hydrogen-bond donors (Lipinski definition) is 1. The Bertz CT molecular complexity index is 364. The van der Waals surface area contributed by atoms with Crippen LogP contribution in [0.25, 0.3) is 0 Å². The van der Waals surface area contributed by atoms with Gasteiger partial charge in [0.1, 0.15) is 5.75 Å². The monoisotopic (exact) mass is 212 g/mol. The van der Waals surface area contributed by atoms with Crippen molar-refractivity contribution in [2.45, 2.75) is 26.2 Å². The first-order chi connectivity index (χ1) is 6.32. The molecular weight excluding hydrogens is 200 g/mol. The van der Waals surface area contributed by atoms with E-state index in [-0.39, 0.29) is 11.2 Å². The van der Waals surface area contributed by atoms with E-state index >= 15 is 0 Å². The number of halogens is 1. The van der Waals surface area contributed by atoms with Crippen LogP contribution in [0.2, 0.25) is 0 Å². The molecule has 0 saturated carbocycles. The minimum absolute atomic E-state index is 0.194. The number of rotatable bonds is 1. The summed E-state index contributed by atoms with van der Waals surface area (Å²) in [6.07, 6.45) is 0. The van der Waals surface area contributed by atoms with Gasteiger partial charge in [-0.05, 0) is 40.8 Å². The van der Waals surface area contributed by atoms with E-state index < -0.39 is 5.24 Å². The van der Waals surface area contributed by atoms with Crippen molar-refractivity contribution in [3.8, 4) is 5.75 Å². The molecule has 0 heterocycles. The molecule has 2 nitrogen and oxygen atoms in total. The van der Waals surface area contributed by atoms with Crippen molar-refractivity contribution in [3.05, 3.63) is 29.3 Å². The molecule has 1 aromatic rings. The van der Waals surface area contributed by atoms with E-state index in [4.69, 9.17) is 11.6 Å². The molecule has 0 atom stereocenters. The van der Waals surface area contributed by atoms with E-state index in [0.29, 0.717) is 5.56 Å². The van der Waals surface area contributed by atoms with Crippen LogP contribution in [0.4, 0.5) is 0 Å². The summed E-state index contributed by atoms with van der Waals surface area (Å²) in [7, 11) is 0. The van der Waals surface area contributed by atoms with Crippen LogP contribution < -0.4 is 0 Å². The highest BCUT2D eigenvalue weighted by molar-refractivity contribution is 6.67. The third-order valence-electron chi connectivity index (χ3n) is 2.03. The summed E-state index contributed by atoms with van der Waals surface area (Å²) < 4.78 is 0. The Morgan fingerprint density at radius 3 is 2.36 bits per heavy atom. The van der Waals surface area contributed by atoms with E-state index in [1.54, 1.807) is 6.07 Å². The van der Waals surface area contributed by atoms with Crippen molar-refractivity contribution >= 4 is 16.8 Å². The first-order valence-corrected chi connectivity index (χ1v) is 4.73. The van der Waals surface area contributed by atoms with Gasteiger partial charge in [-0.3, -0.25) is 4.79 Å². The molecule has 0 spiro atoms. The number of benzene rings is 1. The molecule has 1 N–H and O–H groups in total. The molecule has 0 radical (unpaired) electrons. The van der Waals surface area contributed by atoms with Gasteiger partial charge in [0.25, 0.3) is 5.24 Å². The molecule has 0 saturated heterocycles. The molecule has 0 aliphatic rings. The fourth-order valence-corrected chi connectivity index (χ4v) is 1.38. The summed E-state index contributed by atoms with van der Waals surface area (Å²) in [6.45, 7) is 5.89. The maximum absolute atomic E-state index is 10.9. The number of hydrogen-bond acceptors (Lipinski definition) is 2. The summed E-state index contributed by atoms with van der Waals surface area (Å²) in [5.74, 6) is 0.194. The molecule has 3 heteroatoms. The number of aromatic hydroxyl groups is 1. The van der Waals surface area contributed by atoms with Gasteiger partial charge in [-0.1, -0.05) is 20.8 Å². The molecule has 0 unspecified atom stereocenters. The van der Waals surface area contributed by atoms with Crippen molar-refractivity contribution < 1.29 is 9.90 Å². The summed E-state index contributed by atoms with van der Waals surface area (Å²) >= 11 is 5.36. The Morgan fingerprint density at radius 2 is 1.93 bits per heavy atom. The van der Waals surface area contributed by atoms with Gasteiger partial charge in [0.05, 0.1) is 0 Å². The Labute approximate surface area is 88.5 Å². The number of phenolic OH excluding ortho intramolecular Hbond substituents is 1. The highest BCUT2D eigenvalue weighted by Crippen LogP contribution is 2.31. The normalized spacial score (nSPS) is 11.4. The lowest BCUT2D eigenvalue weighted by Crippen LogP contribution is -2.12. The second kappa shape index (κ2) is 3.62. The zero-order valence-electron chi connectivity index (χ0n) is 8.47. The summed E-state index contributed by atoms with van der Waals surface area (Å²) in [5, 5.41) is 9.09. The Balaban J connectivity index is 3.29. The Hall–Kier alpha value is -1.02. The van der Waals surface area contributed by atoms with E-state index in [1.807, 2.05) is 20.8 Å². The van der Waals surface area contributed by atoms with Crippen molar-refractivity contribution in [2.24, 2.45) is 0 Å². The minimum atomic E-state index is -0.504. The van der Waals surface area contributed by atoms with Gasteiger partial charge in [-0.25, -0.2) is 0 Å². The maximum Gasteiger partial charge on any atom is 0.252 e. The quantitative estimate of drug-likeness (QED) is 0.727. The molecule has 0 aliphatic carbocycles. The molecular formula is C11H13ClO2. The fourth-order valence-electron chi connectivity index (χ4n) is 1.26. The smallest absolute Gasteiger partial charge is 0.252 e. The summed E-state index contributed by atoms with van der Waals surface area (Å²) in [6, 6.07) is 4.64. The van der Waals surface area contributed by atoms with Crippen molar-refractivity contribution in [3.63, 3.8) is 0 Å². The predicted molar refractivity (Wildman–Crippen MR) is 57.0 cm³/mol. The second-order valence-corrected chi connectivity index (χ2v) is 4.60. The van der Waals surface area contributed by atoms with Crippen LogP contribution in [0.1, 0.15) is 36.7 Å². The van der Waals surface area contributed by atoms with Gasteiger partial charge in [0.2, 0.25) is 0 Å². The summed E-state index contributed by atoms with van der Waals surface area (Å²) in [4.78, 5) is 10.9. The van der Waals surface area contributed by atoms with Crippen LogP contribution in [0.3, 0.4) is 0 Å². The predicted octanol–water partition coefficient (Wildman–Crippen LogP) is 3.07. The third kappa shape index (κ3) is 2.26. The van der Waals surface area contributed by atoms with Crippen LogP contribution in [0.5, 0.6) is 5.75 Å². The van der Waals surface area contributed by atoms with Crippen molar-refractivity contribution in [1.29, 1.82) is 0 Å². The maximum atomic E-state index is 10.9. The average molecular weight is 213 g/mol. The Morgan fingerprint density at radius 1 is 1.36 bits per heavy atom. The van der Waals surface area contributed by atoms with Crippen molar-refractivity contribution in [2.75, 3.05) is 0 Å². The van der Waals surface area contributed by atoms with E-state index in [9.17, 15) is 9.90 Å². The zero-order chi connectivity index (χ0) is 10.9. The molecule has 76 valence electrons. The summed E-state index contributed by atoms with van der Waals surface area (Å²) in [5.41, 5.74) is 0.935. The highest BCUT2D eigenvalue weighted by Gasteiger charge is 2.19. The lowest BCUT2D eigenvalue weighted by molar-refractivity contribution is 0.108. The second-order valence-electron chi connectivity index (χ2n) is 4.26. The third-order valence-corrected chi connectivity index (χ3v) is 2.25. The Kier molecular flexibility index (Phi) is 2.86. The van der Waals surface area contributed by atoms with Gasteiger partial charge >= 0.3 is 0 Å². The first kappa shape index (κ1) is 11.1. The highest BCUT2D eigenvalue weighted by atomic mass is 35.5. The molecule has 0 aliphatic heterocycles. The average Bonchev–Trinajstić information content (AvgIpc) is 2.02. The molecule has 0 fully saturated rings. The van der Waals surface area contributed by atoms with Crippen LogP contribution in [0, 0.1) is 0 Å². The van der Waals surface area contributed by atoms with Gasteiger partial charge in [-0.15, -0.1) is 0 Å². The van der Waals surface area contributed by atoms with E-state index in [2.05, 4.69) is 0 Å². The SMILES string of the molecule is CC(C)(C)c1cc(C(=O)Cl)ccc1O. The molecule has 14 heavy (non-hydrogen) atoms. The van der Waals surface area contributed by atoms with Crippen molar-refractivity contribution in [1.82, 2.24) is 0 Å². The topological polar surface area (TPSA) is 37.3 Å². The molecule has 0 bridgehead atoms. The van der Waals surface area contributed by atoms with Gasteiger partial charge in [0, 0.05) is 5.56 Å². The van der Waals surface area contributed by atoms with E-state index in [0.717, 1.165) is 5.56 Å². The number of carbonyl (C=O) groups is 1. The van der Waals surface area contributed by atoms with Crippen LogP contribution >= 0.6 is 11.6 Å². The number of phenols is 1. The molecule has 1 aromatic carbocycles. The molecule has 1 rings (SSSR count). The molecule has 0 aromatic heterocycles. The van der Waals surface area contributed by atoms with Crippen LogP contribution in [-0.4, -0.2) is 10.3 Å². The lowest BCUT2D eigenvalue weighted by atomic mass is 9.85. The van der Waals surface area contributed by atoms with E-state index in [1.165, 1.54) is 12.1 Å². The minimum Gasteiger partial charge on any atom is -0.508 e. The first-order valence-electron chi connectivity index (χ1n) is 4.35. The van der Waals surface area contributed by atoms with Gasteiger partial charge in [0.15, 0.2) is 0 Å².